The Morgan fingerprint density at radius 3 is 2.50 bits per heavy atom. The molecule has 0 radical (unpaired) electrons. The molecule has 2 heterocycles. The molecular weight excluding hydrogens is 350 g/mol. The van der Waals surface area contributed by atoms with Gasteiger partial charge in [-0.3, -0.25) is 19.8 Å². The Morgan fingerprint density at radius 1 is 1.15 bits per heavy atom. The Labute approximate surface area is 157 Å². The number of hydrogen-bond donors (Lipinski definition) is 1. The summed E-state index contributed by atoms with van der Waals surface area (Å²) in [5.74, 6) is 0.0280. The fourth-order valence-electron chi connectivity index (χ4n) is 2.73. The van der Waals surface area contributed by atoms with Crippen LogP contribution < -0.4 is 15.1 Å². The predicted molar refractivity (Wildman–Crippen MR) is 105 cm³/mol. The van der Waals surface area contributed by atoms with Crippen molar-refractivity contribution in [2.75, 3.05) is 23.9 Å². The van der Waals surface area contributed by atoms with E-state index >= 15 is 0 Å². The number of thiocarbonyl (C=S) groups is 1. The second-order valence-electron chi connectivity index (χ2n) is 6.32. The van der Waals surface area contributed by atoms with Gasteiger partial charge >= 0.3 is 0 Å². The summed E-state index contributed by atoms with van der Waals surface area (Å²) in [6.45, 7) is 3.87. The van der Waals surface area contributed by atoms with Gasteiger partial charge in [0, 0.05) is 20.2 Å². The number of anilines is 2. The fourth-order valence-corrected chi connectivity index (χ4v) is 3.01. The first-order valence-electron chi connectivity index (χ1n) is 8.04. The van der Waals surface area contributed by atoms with Gasteiger partial charge in [-0.25, -0.2) is 0 Å². The lowest BCUT2D eigenvalue weighted by Gasteiger charge is -2.30. The second kappa shape index (κ2) is 6.76. The van der Waals surface area contributed by atoms with Gasteiger partial charge in [-0.15, -0.1) is 0 Å². The number of rotatable bonds is 3. The minimum absolute atomic E-state index is 0.0294. The molecule has 1 N–H and O–H groups in total. The first-order valence-corrected chi connectivity index (χ1v) is 8.44. The minimum atomic E-state index is -0.538. The zero-order chi connectivity index (χ0) is 19.0. The molecule has 2 amide bonds. The molecule has 0 bridgehead atoms. The van der Waals surface area contributed by atoms with E-state index in [0.29, 0.717) is 17.3 Å². The molecule has 2 aromatic rings. The fraction of sp³-hybridized carbons (Fsp3) is 0.211. The average molecular weight is 369 g/mol. The number of furan rings is 1. The Hall–Kier alpha value is -2.93. The molecule has 3 rings (SSSR count). The number of aryl methyl sites for hydroxylation is 2. The Bertz CT molecular complexity index is 943. The van der Waals surface area contributed by atoms with Gasteiger partial charge in [0.15, 0.2) is 11.0 Å². The van der Waals surface area contributed by atoms with E-state index in [0.717, 1.165) is 11.1 Å². The average Bonchev–Trinajstić information content (AvgIpc) is 3.02. The lowest BCUT2D eigenvalue weighted by Crippen LogP contribution is -2.54. The van der Waals surface area contributed by atoms with Gasteiger partial charge in [-0.1, -0.05) is 17.7 Å². The van der Waals surface area contributed by atoms with E-state index in [9.17, 15) is 9.59 Å². The lowest BCUT2D eigenvalue weighted by molar-refractivity contribution is -0.122. The summed E-state index contributed by atoms with van der Waals surface area (Å²) in [6.07, 6.45) is 1.43. The smallest absolute Gasteiger partial charge is 0.270 e. The van der Waals surface area contributed by atoms with Gasteiger partial charge in [-0.2, -0.15) is 0 Å². The van der Waals surface area contributed by atoms with Crippen molar-refractivity contribution in [1.82, 2.24) is 5.32 Å². The zero-order valence-corrected chi connectivity index (χ0v) is 15.8. The van der Waals surface area contributed by atoms with Crippen molar-refractivity contribution < 1.29 is 14.0 Å². The van der Waals surface area contributed by atoms with Crippen LogP contribution in [0.15, 0.2) is 40.3 Å². The van der Waals surface area contributed by atoms with Crippen LogP contribution in [0.2, 0.25) is 0 Å². The molecule has 0 spiro atoms. The van der Waals surface area contributed by atoms with Crippen LogP contribution in [0, 0.1) is 13.8 Å². The van der Waals surface area contributed by atoms with Gasteiger partial charge in [-0.05, 0) is 49.8 Å². The lowest BCUT2D eigenvalue weighted by atomic mass is 10.1. The van der Waals surface area contributed by atoms with Crippen LogP contribution in [0.5, 0.6) is 0 Å². The third-order valence-electron chi connectivity index (χ3n) is 4.03. The van der Waals surface area contributed by atoms with E-state index in [1.807, 2.05) is 46.1 Å². The quantitative estimate of drug-likeness (QED) is 0.512. The standard InChI is InChI=1S/C19H19N3O3S/c1-11-5-7-15(12(2)9-11)22-18(24)14(17(23)20-19(22)26)10-13-6-8-16(25-13)21(3)4/h5-10H,1-4H3,(H,20,23,26)/b14-10+. The molecule has 0 saturated carbocycles. The molecule has 1 aromatic heterocycles. The molecule has 1 aromatic carbocycles. The van der Waals surface area contributed by atoms with E-state index in [1.165, 1.54) is 11.0 Å². The highest BCUT2D eigenvalue weighted by Gasteiger charge is 2.35. The van der Waals surface area contributed by atoms with Crippen LogP contribution in [0.4, 0.5) is 11.6 Å². The number of nitrogens with one attached hydrogen (secondary N) is 1. The summed E-state index contributed by atoms with van der Waals surface area (Å²) in [5, 5.41) is 2.64. The van der Waals surface area contributed by atoms with Gasteiger partial charge in [0.1, 0.15) is 11.3 Å². The van der Waals surface area contributed by atoms with Gasteiger partial charge in [0.25, 0.3) is 11.8 Å². The molecular formula is C19H19N3O3S. The number of hydrogen-bond acceptors (Lipinski definition) is 5. The zero-order valence-electron chi connectivity index (χ0n) is 15.0. The van der Waals surface area contributed by atoms with Crippen molar-refractivity contribution in [3.63, 3.8) is 0 Å². The maximum absolute atomic E-state index is 13.0. The van der Waals surface area contributed by atoms with Crippen LogP contribution in [0.25, 0.3) is 6.08 Å². The largest absolute Gasteiger partial charge is 0.441 e. The number of nitrogens with zero attached hydrogens (tertiary/aromatic N) is 2. The van der Waals surface area contributed by atoms with Crippen LogP contribution in [0.1, 0.15) is 16.9 Å². The first-order chi connectivity index (χ1) is 12.3. The number of benzene rings is 1. The molecule has 134 valence electrons. The molecule has 1 aliphatic heterocycles. The SMILES string of the molecule is Cc1ccc(N2C(=O)/C(=C/c3ccc(N(C)C)o3)C(=O)NC2=S)c(C)c1. The van der Waals surface area contributed by atoms with E-state index in [-0.39, 0.29) is 10.7 Å². The van der Waals surface area contributed by atoms with Crippen molar-refractivity contribution >= 4 is 46.8 Å². The van der Waals surface area contributed by atoms with E-state index in [1.54, 1.807) is 17.0 Å². The highest BCUT2D eigenvalue weighted by atomic mass is 32.1. The third-order valence-corrected chi connectivity index (χ3v) is 4.32. The van der Waals surface area contributed by atoms with Gasteiger partial charge < -0.3 is 9.32 Å². The Kier molecular flexibility index (Phi) is 4.65. The van der Waals surface area contributed by atoms with Crippen LogP contribution >= 0.6 is 12.2 Å². The highest BCUT2D eigenvalue weighted by molar-refractivity contribution is 7.80. The van der Waals surface area contributed by atoms with E-state index in [4.69, 9.17) is 16.6 Å². The summed E-state index contributed by atoms with van der Waals surface area (Å²) in [4.78, 5) is 28.4. The summed E-state index contributed by atoms with van der Waals surface area (Å²) in [7, 11) is 3.68. The second-order valence-corrected chi connectivity index (χ2v) is 6.70. The van der Waals surface area contributed by atoms with Crippen molar-refractivity contribution in [2.45, 2.75) is 13.8 Å². The molecule has 0 atom stereocenters. The van der Waals surface area contributed by atoms with E-state index in [2.05, 4.69) is 5.32 Å². The van der Waals surface area contributed by atoms with Gasteiger partial charge in [0.2, 0.25) is 0 Å². The molecule has 26 heavy (non-hydrogen) atoms. The predicted octanol–water partition coefficient (Wildman–Crippen LogP) is 2.79. The highest BCUT2D eigenvalue weighted by Crippen LogP contribution is 2.27. The van der Waals surface area contributed by atoms with Gasteiger partial charge in [0.05, 0.1) is 5.69 Å². The summed E-state index contributed by atoms with van der Waals surface area (Å²) < 4.78 is 5.62. The number of carbonyl (C=O) groups is 2. The van der Waals surface area contributed by atoms with Crippen LogP contribution in [-0.2, 0) is 9.59 Å². The number of carbonyl (C=O) groups excluding carboxylic acids is 2. The monoisotopic (exact) mass is 369 g/mol. The summed E-state index contributed by atoms with van der Waals surface area (Å²) in [5.41, 5.74) is 2.58. The molecule has 1 fully saturated rings. The Balaban J connectivity index is 2.01. The molecule has 0 unspecified atom stereocenters. The molecule has 7 heteroatoms. The van der Waals surface area contributed by atoms with Crippen molar-refractivity contribution in [2.24, 2.45) is 0 Å². The topological polar surface area (TPSA) is 65.8 Å². The molecule has 1 saturated heterocycles. The number of amides is 2. The minimum Gasteiger partial charge on any atom is -0.441 e. The van der Waals surface area contributed by atoms with E-state index < -0.39 is 11.8 Å². The molecule has 1 aliphatic rings. The molecule has 6 nitrogen and oxygen atoms in total. The van der Waals surface area contributed by atoms with Crippen molar-refractivity contribution in [1.29, 1.82) is 0 Å². The normalized spacial score (nSPS) is 16.2. The summed E-state index contributed by atoms with van der Waals surface area (Å²) >= 11 is 5.23. The van der Waals surface area contributed by atoms with Crippen LogP contribution in [-0.4, -0.2) is 31.0 Å². The maximum atomic E-state index is 13.0. The van der Waals surface area contributed by atoms with Crippen molar-refractivity contribution in [3.8, 4) is 0 Å². The molecule has 0 aliphatic carbocycles. The first kappa shape index (κ1) is 17.9. The Morgan fingerprint density at radius 2 is 1.88 bits per heavy atom. The maximum Gasteiger partial charge on any atom is 0.270 e. The van der Waals surface area contributed by atoms with Crippen molar-refractivity contribution in [3.05, 3.63) is 52.8 Å². The summed E-state index contributed by atoms with van der Waals surface area (Å²) in [6, 6.07) is 9.15. The third kappa shape index (κ3) is 3.25. The van der Waals surface area contributed by atoms with Crippen LogP contribution in [0.3, 0.4) is 0 Å².